The van der Waals surface area contributed by atoms with Crippen LogP contribution >= 0.6 is 32.9 Å². The lowest BCUT2D eigenvalue weighted by Crippen LogP contribution is -2.15. The minimum absolute atomic E-state index is 0.0575. The number of phenols is 1. The van der Waals surface area contributed by atoms with E-state index in [2.05, 4.69) is 4.84 Å². The first-order valence-electron chi connectivity index (χ1n) is 9.05. The fourth-order valence-electron chi connectivity index (χ4n) is 2.52. The third-order valence-electron chi connectivity index (χ3n) is 3.94. The van der Waals surface area contributed by atoms with Gasteiger partial charge in [0.1, 0.15) is 26.6 Å². The monoisotopic (exact) mass is 493 g/mol. The van der Waals surface area contributed by atoms with E-state index in [-0.39, 0.29) is 42.3 Å². The summed E-state index contributed by atoms with van der Waals surface area (Å²) in [6.45, 7) is -0.261. The molecule has 0 atom stereocenters. The normalized spacial score (nSPS) is 10.4. The van der Waals surface area contributed by atoms with Gasteiger partial charge in [0.15, 0.2) is 0 Å². The van der Waals surface area contributed by atoms with Gasteiger partial charge in [0.05, 0.1) is 6.61 Å². The number of aromatic hydroxyl groups is 1. The molecule has 0 saturated heterocycles. The summed E-state index contributed by atoms with van der Waals surface area (Å²) in [5, 5.41) is 18.9. The van der Waals surface area contributed by atoms with E-state index in [1.165, 1.54) is 22.5 Å². The lowest BCUT2D eigenvalue weighted by Gasteiger charge is -2.11. The quantitative estimate of drug-likeness (QED) is 0.0831. The molecule has 0 saturated carbocycles. The van der Waals surface area contributed by atoms with Crippen molar-refractivity contribution in [3.8, 4) is 27.7 Å². The van der Waals surface area contributed by atoms with Gasteiger partial charge in [-0.3, -0.25) is 4.79 Å². The molecular weight excluding hydrogens is 478 g/mol. The van der Waals surface area contributed by atoms with E-state index in [0.717, 1.165) is 20.3 Å². The van der Waals surface area contributed by atoms with Crippen LogP contribution in [-0.2, 0) is 9.63 Å². The first-order valence-corrected chi connectivity index (χ1v) is 11.6. The summed E-state index contributed by atoms with van der Waals surface area (Å²) in [5.41, 5.74) is 0.773. The van der Waals surface area contributed by atoms with E-state index in [4.69, 9.17) is 21.7 Å². The molecule has 2 aromatic carbocycles. The SMILES string of the molecule is O=C(CCCO[N+](=O)[O-])Oc1ccc(O)cc1C(=O)Oc1ccc(-c2cc(=S)ss2)cc1. The molecule has 3 aromatic rings. The van der Waals surface area contributed by atoms with Crippen molar-refractivity contribution >= 4 is 44.8 Å². The second-order valence-corrected chi connectivity index (χ2v) is 9.13. The van der Waals surface area contributed by atoms with Crippen molar-refractivity contribution in [3.05, 3.63) is 68.0 Å². The zero-order chi connectivity index (χ0) is 23.1. The highest BCUT2D eigenvalue weighted by molar-refractivity contribution is 7.80. The Balaban J connectivity index is 1.67. The molecular formula is C20H15NO8S3. The Hall–Kier alpha value is -3.35. The van der Waals surface area contributed by atoms with Crippen LogP contribution in [0.4, 0.5) is 0 Å². The van der Waals surface area contributed by atoms with Gasteiger partial charge in [-0.15, -0.1) is 10.1 Å². The summed E-state index contributed by atoms with van der Waals surface area (Å²) in [7, 11) is 3.04. The van der Waals surface area contributed by atoms with E-state index in [1.807, 2.05) is 6.07 Å². The van der Waals surface area contributed by atoms with Crippen LogP contribution in [0.5, 0.6) is 17.2 Å². The van der Waals surface area contributed by atoms with Gasteiger partial charge >= 0.3 is 11.9 Å². The first-order chi connectivity index (χ1) is 15.3. The number of carbonyl (C=O) groups is 2. The minimum atomic E-state index is -0.955. The predicted molar refractivity (Wildman–Crippen MR) is 119 cm³/mol. The highest BCUT2D eigenvalue weighted by Gasteiger charge is 2.19. The third-order valence-corrected chi connectivity index (χ3v) is 6.85. The molecule has 0 aliphatic rings. The molecule has 0 radical (unpaired) electrons. The Morgan fingerprint density at radius 1 is 1.06 bits per heavy atom. The van der Waals surface area contributed by atoms with E-state index < -0.39 is 17.0 Å². The van der Waals surface area contributed by atoms with E-state index >= 15 is 0 Å². The maximum Gasteiger partial charge on any atom is 0.347 e. The van der Waals surface area contributed by atoms with Crippen LogP contribution in [0.15, 0.2) is 48.5 Å². The zero-order valence-electron chi connectivity index (χ0n) is 16.2. The van der Waals surface area contributed by atoms with Crippen LogP contribution in [0.25, 0.3) is 10.4 Å². The third kappa shape index (κ3) is 6.57. The van der Waals surface area contributed by atoms with Crippen LogP contribution < -0.4 is 9.47 Å². The van der Waals surface area contributed by atoms with Crippen molar-refractivity contribution in [2.75, 3.05) is 6.61 Å². The summed E-state index contributed by atoms with van der Waals surface area (Å²) in [6.07, 6.45) is -0.109. The second kappa shape index (κ2) is 10.8. The van der Waals surface area contributed by atoms with Gasteiger partial charge in [-0.05, 0) is 60.5 Å². The molecule has 12 heteroatoms. The molecule has 3 rings (SSSR count). The lowest BCUT2D eigenvalue weighted by atomic mass is 10.1. The lowest BCUT2D eigenvalue weighted by molar-refractivity contribution is -0.757. The smallest absolute Gasteiger partial charge is 0.347 e. The number of hydrogen-bond donors (Lipinski definition) is 1. The van der Waals surface area contributed by atoms with Gasteiger partial charge in [0, 0.05) is 11.3 Å². The molecule has 1 N–H and O–H groups in total. The van der Waals surface area contributed by atoms with Crippen LogP contribution in [0.3, 0.4) is 0 Å². The number of benzene rings is 2. The molecule has 0 aliphatic heterocycles. The Morgan fingerprint density at radius 3 is 2.47 bits per heavy atom. The average Bonchev–Trinajstić information content (AvgIpc) is 3.19. The molecule has 0 aliphatic carbocycles. The second-order valence-electron chi connectivity index (χ2n) is 6.22. The maximum absolute atomic E-state index is 12.6. The molecule has 0 spiro atoms. The van der Waals surface area contributed by atoms with Crippen molar-refractivity contribution in [1.29, 1.82) is 0 Å². The number of carbonyl (C=O) groups excluding carboxylic acids is 2. The number of hydrogen-bond acceptors (Lipinski definition) is 11. The molecule has 0 amide bonds. The number of esters is 2. The fourth-order valence-corrected chi connectivity index (χ4v) is 4.92. The van der Waals surface area contributed by atoms with Crippen molar-refractivity contribution in [2.24, 2.45) is 0 Å². The zero-order valence-corrected chi connectivity index (χ0v) is 18.7. The summed E-state index contributed by atoms with van der Waals surface area (Å²) < 4.78 is 11.3. The van der Waals surface area contributed by atoms with E-state index in [1.54, 1.807) is 34.6 Å². The molecule has 9 nitrogen and oxygen atoms in total. The highest BCUT2D eigenvalue weighted by atomic mass is 32.9. The van der Waals surface area contributed by atoms with E-state index in [0.29, 0.717) is 0 Å². The molecule has 166 valence electrons. The summed E-state index contributed by atoms with van der Waals surface area (Å²) in [6, 6.07) is 12.3. The Labute approximate surface area is 193 Å². The van der Waals surface area contributed by atoms with Crippen LogP contribution in [-0.4, -0.2) is 28.7 Å². The Bertz CT molecular complexity index is 1190. The molecule has 1 heterocycles. The largest absolute Gasteiger partial charge is 0.508 e. The van der Waals surface area contributed by atoms with Gasteiger partial charge in [-0.1, -0.05) is 32.9 Å². The molecule has 1 aromatic heterocycles. The number of rotatable bonds is 9. The van der Waals surface area contributed by atoms with Crippen molar-refractivity contribution < 1.29 is 34.1 Å². The van der Waals surface area contributed by atoms with Crippen LogP contribution in [0, 0.1) is 13.9 Å². The number of ether oxygens (including phenoxy) is 2. The average molecular weight is 494 g/mol. The maximum atomic E-state index is 12.6. The van der Waals surface area contributed by atoms with Crippen LogP contribution in [0.2, 0.25) is 0 Å². The standard InChI is InChI=1S/C20H15NO8S3/c22-13-5-8-16(29-18(23)2-1-9-27-21(25)26)15(10-13)20(24)28-14-6-3-12(4-7-14)17-11-19(30)32-31-17/h3-8,10-11,22H,1-2,9H2. The van der Waals surface area contributed by atoms with Gasteiger partial charge in [-0.25, -0.2) is 4.79 Å². The Kier molecular flexibility index (Phi) is 7.87. The van der Waals surface area contributed by atoms with E-state index in [9.17, 15) is 24.8 Å². The van der Waals surface area contributed by atoms with Crippen molar-refractivity contribution in [3.63, 3.8) is 0 Å². The number of phenolic OH excluding ortho intramolecular Hbond substituents is 1. The summed E-state index contributed by atoms with van der Waals surface area (Å²) in [4.78, 5) is 39.9. The first kappa shape index (κ1) is 23.3. The topological polar surface area (TPSA) is 125 Å². The fraction of sp³-hybridized carbons (Fsp3) is 0.150. The van der Waals surface area contributed by atoms with Gasteiger partial charge in [-0.2, -0.15) is 0 Å². The minimum Gasteiger partial charge on any atom is -0.508 e. The van der Waals surface area contributed by atoms with Crippen LogP contribution in [0.1, 0.15) is 23.2 Å². The molecule has 0 fully saturated rings. The van der Waals surface area contributed by atoms with Gasteiger partial charge in [0.2, 0.25) is 0 Å². The summed E-state index contributed by atoms with van der Waals surface area (Å²) in [5.74, 6) is -1.62. The van der Waals surface area contributed by atoms with Gasteiger partial charge < -0.3 is 19.4 Å². The molecule has 32 heavy (non-hydrogen) atoms. The summed E-state index contributed by atoms with van der Waals surface area (Å²) >= 11 is 5.13. The van der Waals surface area contributed by atoms with Crippen molar-refractivity contribution in [2.45, 2.75) is 12.8 Å². The highest BCUT2D eigenvalue weighted by Crippen LogP contribution is 2.31. The Morgan fingerprint density at radius 2 is 1.81 bits per heavy atom. The van der Waals surface area contributed by atoms with Gasteiger partial charge in [0.25, 0.3) is 5.09 Å². The number of nitrogens with zero attached hydrogens (tertiary/aromatic N) is 1. The van der Waals surface area contributed by atoms with Crippen molar-refractivity contribution in [1.82, 2.24) is 0 Å². The predicted octanol–water partition coefficient (Wildman–Crippen LogP) is 5.02. The molecule has 0 unspecified atom stereocenters. The molecule has 0 bridgehead atoms.